The van der Waals surface area contributed by atoms with E-state index in [2.05, 4.69) is 0 Å². The van der Waals surface area contributed by atoms with E-state index in [9.17, 15) is 9.90 Å². The lowest BCUT2D eigenvalue weighted by Crippen LogP contribution is -2.60. The first-order valence-corrected chi connectivity index (χ1v) is 5.27. The van der Waals surface area contributed by atoms with E-state index < -0.39 is 5.97 Å². The first kappa shape index (κ1) is 9.93. The molecule has 0 saturated carbocycles. The summed E-state index contributed by atoms with van der Waals surface area (Å²) in [6.07, 6.45) is 3.50. The van der Waals surface area contributed by atoms with E-state index in [1.165, 1.54) is 0 Å². The molecule has 0 aromatic carbocycles. The largest absolute Gasteiger partial charge is 0.477 e. The van der Waals surface area contributed by atoms with Crippen molar-refractivity contribution in [2.45, 2.75) is 43.9 Å². The van der Waals surface area contributed by atoms with Crippen LogP contribution in [-0.2, 0) is 4.79 Å². The number of aliphatic carboxylic acids is 1. The van der Waals surface area contributed by atoms with Crippen LogP contribution in [0.3, 0.4) is 0 Å². The minimum atomic E-state index is -0.721. The molecule has 0 spiro atoms. The smallest absolute Gasteiger partial charge is 0.359 e. The van der Waals surface area contributed by atoms with E-state index in [-0.39, 0.29) is 12.6 Å². The Balaban J connectivity index is 2.16. The van der Waals surface area contributed by atoms with Gasteiger partial charge in [0.15, 0.2) is 6.54 Å². The third-order valence-corrected chi connectivity index (χ3v) is 4.07. The maximum absolute atomic E-state index is 10.8. The maximum Gasteiger partial charge on any atom is 0.359 e. The average molecular weight is 200 g/mol. The van der Waals surface area contributed by atoms with Crippen LogP contribution >= 0.6 is 0 Å². The van der Waals surface area contributed by atoms with E-state index in [1.54, 1.807) is 0 Å². The second-order valence-electron chi connectivity index (χ2n) is 4.91. The highest BCUT2D eigenvalue weighted by Gasteiger charge is 2.51. The zero-order valence-electron chi connectivity index (χ0n) is 8.52. The molecule has 2 aliphatic rings. The number of nitrogens with zero attached hydrogens (tertiary/aromatic N) is 1. The van der Waals surface area contributed by atoms with E-state index in [0.29, 0.717) is 16.6 Å². The summed E-state index contributed by atoms with van der Waals surface area (Å²) < 4.78 is 0.645. The van der Waals surface area contributed by atoms with Crippen LogP contribution in [0.1, 0.15) is 25.7 Å². The molecule has 80 valence electrons. The molecular formula is C10H18NO3+. The van der Waals surface area contributed by atoms with Gasteiger partial charge in [-0.2, -0.15) is 0 Å². The number of piperidine rings is 1. The highest BCUT2D eigenvalue weighted by molar-refractivity contribution is 5.68. The summed E-state index contributed by atoms with van der Waals surface area (Å²) in [4.78, 5) is 10.8. The second-order valence-corrected chi connectivity index (χ2v) is 4.91. The molecule has 2 heterocycles. The number of hydrogen-bond donors (Lipinski definition) is 2. The highest BCUT2D eigenvalue weighted by atomic mass is 16.4. The Morgan fingerprint density at radius 2 is 1.86 bits per heavy atom. The Bertz CT molecular complexity index is 240. The second kappa shape index (κ2) is 3.21. The summed E-state index contributed by atoms with van der Waals surface area (Å²) in [5, 5.41) is 18.5. The monoisotopic (exact) mass is 200 g/mol. The number of carboxylic acid groups (broad SMARTS) is 1. The molecule has 2 unspecified atom stereocenters. The lowest BCUT2D eigenvalue weighted by molar-refractivity contribution is -0.942. The average Bonchev–Trinajstić information content (AvgIpc) is 2.30. The van der Waals surface area contributed by atoms with Crippen molar-refractivity contribution in [3.63, 3.8) is 0 Å². The molecule has 2 fully saturated rings. The number of likely N-dealkylation sites (N-methyl/N-ethyl adjacent to an activating group) is 1. The normalized spacial score (nSPS) is 46.6. The predicted molar refractivity (Wildman–Crippen MR) is 50.7 cm³/mol. The number of carboxylic acids is 1. The molecular weight excluding hydrogens is 182 g/mol. The van der Waals surface area contributed by atoms with Crippen LogP contribution in [0.25, 0.3) is 0 Å². The van der Waals surface area contributed by atoms with Gasteiger partial charge in [-0.15, -0.1) is 0 Å². The van der Waals surface area contributed by atoms with Crippen molar-refractivity contribution in [3.05, 3.63) is 0 Å². The topological polar surface area (TPSA) is 57.5 Å². The van der Waals surface area contributed by atoms with Crippen LogP contribution in [0.4, 0.5) is 0 Å². The van der Waals surface area contributed by atoms with Gasteiger partial charge < -0.3 is 14.7 Å². The van der Waals surface area contributed by atoms with Gasteiger partial charge in [-0.25, -0.2) is 4.79 Å². The van der Waals surface area contributed by atoms with E-state index >= 15 is 0 Å². The number of carbonyl (C=O) groups is 1. The molecule has 0 aliphatic carbocycles. The van der Waals surface area contributed by atoms with Crippen molar-refractivity contribution < 1.29 is 19.5 Å². The molecule has 0 radical (unpaired) electrons. The molecule has 2 saturated heterocycles. The fourth-order valence-electron chi connectivity index (χ4n) is 3.26. The molecule has 4 heteroatoms. The minimum Gasteiger partial charge on any atom is -0.477 e. The zero-order valence-corrected chi connectivity index (χ0v) is 8.52. The molecule has 0 aromatic heterocycles. The van der Waals surface area contributed by atoms with Crippen molar-refractivity contribution in [3.8, 4) is 0 Å². The van der Waals surface area contributed by atoms with Crippen LogP contribution in [0.5, 0.6) is 0 Å². The maximum atomic E-state index is 10.8. The van der Waals surface area contributed by atoms with Gasteiger partial charge in [0.25, 0.3) is 0 Å². The van der Waals surface area contributed by atoms with E-state index in [0.717, 1.165) is 25.7 Å². The fourth-order valence-corrected chi connectivity index (χ4v) is 3.26. The van der Waals surface area contributed by atoms with Crippen LogP contribution in [0, 0.1) is 0 Å². The number of fused-ring (bicyclic) bond motifs is 2. The quantitative estimate of drug-likeness (QED) is 0.626. The van der Waals surface area contributed by atoms with Gasteiger partial charge in [0, 0.05) is 25.7 Å². The van der Waals surface area contributed by atoms with Crippen LogP contribution in [0.2, 0.25) is 0 Å². The van der Waals surface area contributed by atoms with E-state index in [1.807, 2.05) is 7.05 Å². The van der Waals surface area contributed by atoms with Crippen molar-refractivity contribution in [2.24, 2.45) is 0 Å². The van der Waals surface area contributed by atoms with Gasteiger partial charge in [-0.05, 0) is 0 Å². The van der Waals surface area contributed by atoms with Gasteiger partial charge >= 0.3 is 5.97 Å². The van der Waals surface area contributed by atoms with Crippen molar-refractivity contribution in [2.75, 3.05) is 13.6 Å². The van der Waals surface area contributed by atoms with Gasteiger partial charge in [-0.1, -0.05) is 0 Å². The first-order valence-electron chi connectivity index (χ1n) is 5.27. The Morgan fingerprint density at radius 1 is 1.36 bits per heavy atom. The number of rotatable bonds is 2. The van der Waals surface area contributed by atoms with Gasteiger partial charge in [0.05, 0.1) is 25.2 Å². The summed E-state index contributed by atoms with van der Waals surface area (Å²) in [6.45, 7) is 0.210. The Labute approximate surface area is 83.7 Å². The summed E-state index contributed by atoms with van der Waals surface area (Å²) in [5.74, 6) is -0.721. The zero-order chi connectivity index (χ0) is 10.3. The van der Waals surface area contributed by atoms with Gasteiger partial charge in [0.1, 0.15) is 0 Å². The first-order chi connectivity index (χ1) is 6.52. The minimum absolute atomic E-state index is 0.201. The van der Waals surface area contributed by atoms with Crippen LogP contribution < -0.4 is 0 Å². The Hall–Kier alpha value is -0.610. The Morgan fingerprint density at radius 3 is 2.29 bits per heavy atom. The van der Waals surface area contributed by atoms with Crippen molar-refractivity contribution >= 4 is 5.97 Å². The molecule has 14 heavy (non-hydrogen) atoms. The number of aliphatic hydroxyl groups is 1. The third kappa shape index (κ3) is 1.42. The summed E-state index contributed by atoms with van der Waals surface area (Å²) in [5.41, 5.74) is 0. The molecule has 4 nitrogen and oxygen atoms in total. The lowest BCUT2D eigenvalue weighted by Gasteiger charge is -2.44. The molecule has 2 rings (SSSR count). The molecule has 0 amide bonds. The van der Waals surface area contributed by atoms with Crippen molar-refractivity contribution in [1.82, 2.24) is 0 Å². The number of hydrogen-bond acceptors (Lipinski definition) is 2. The van der Waals surface area contributed by atoms with Crippen LogP contribution in [0.15, 0.2) is 0 Å². The van der Waals surface area contributed by atoms with Gasteiger partial charge in [0.2, 0.25) is 0 Å². The molecule has 2 N–H and O–H groups in total. The molecule has 2 aliphatic heterocycles. The summed E-state index contributed by atoms with van der Waals surface area (Å²) in [7, 11) is 2.03. The third-order valence-electron chi connectivity index (χ3n) is 4.07. The standard InChI is InChI=1S/C10H17NO3/c1-11(6-10(13)14)7-2-3-8(11)5-9(12)4-7/h7-9,12H,2-6H2,1H3/p+1. The summed E-state index contributed by atoms with van der Waals surface area (Å²) >= 11 is 0. The summed E-state index contributed by atoms with van der Waals surface area (Å²) in [6, 6.07) is 0.722. The van der Waals surface area contributed by atoms with E-state index in [4.69, 9.17) is 5.11 Å². The number of quaternary nitrogens is 1. The molecule has 2 atom stereocenters. The fraction of sp³-hybridized carbons (Fsp3) is 0.900. The Kier molecular flexibility index (Phi) is 2.27. The predicted octanol–water partition coefficient (Wildman–Crippen LogP) is 0.203. The highest BCUT2D eigenvalue weighted by Crippen LogP contribution is 2.40. The van der Waals surface area contributed by atoms with Crippen molar-refractivity contribution in [1.29, 1.82) is 0 Å². The SMILES string of the molecule is C[N+]1(CC(=O)O)C2CCC1CC(O)C2. The molecule has 2 bridgehead atoms. The molecule has 0 aromatic rings. The number of aliphatic hydroxyl groups excluding tert-OH is 1. The lowest BCUT2D eigenvalue weighted by atomic mass is 9.97. The van der Waals surface area contributed by atoms with Crippen LogP contribution in [-0.4, -0.2) is 52.4 Å². The van der Waals surface area contributed by atoms with Gasteiger partial charge in [-0.3, -0.25) is 0 Å².